The van der Waals surface area contributed by atoms with Gasteiger partial charge in [0.1, 0.15) is 10.6 Å². The molecule has 0 aromatic carbocycles. The van der Waals surface area contributed by atoms with Crippen LogP contribution < -0.4 is 5.14 Å². The Bertz CT molecular complexity index is 602. The molecule has 0 aliphatic heterocycles. The molecule has 1 heterocycles. The molecule has 2 rings (SSSR count). The molecule has 7 heteroatoms. The molecule has 1 amide bonds. The predicted octanol–water partition coefficient (Wildman–Crippen LogP) is 0.935. The van der Waals surface area contributed by atoms with Crippen LogP contribution in [0, 0.1) is 5.92 Å². The minimum absolute atomic E-state index is 0.0220. The maximum Gasteiger partial charge on any atom is 0.270 e. The van der Waals surface area contributed by atoms with Crippen molar-refractivity contribution in [2.24, 2.45) is 18.1 Å². The van der Waals surface area contributed by atoms with E-state index in [1.165, 1.54) is 29.7 Å². The van der Waals surface area contributed by atoms with Crippen molar-refractivity contribution in [3.8, 4) is 0 Å². The zero-order valence-electron chi connectivity index (χ0n) is 11.9. The van der Waals surface area contributed by atoms with Gasteiger partial charge in [0.2, 0.25) is 10.0 Å². The number of hydrogen-bond acceptors (Lipinski definition) is 3. The number of sulfonamides is 1. The number of aromatic nitrogens is 1. The lowest BCUT2D eigenvalue weighted by Gasteiger charge is -2.22. The maximum absolute atomic E-state index is 12.5. The quantitative estimate of drug-likeness (QED) is 0.848. The van der Waals surface area contributed by atoms with E-state index in [2.05, 4.69) is 0 Å². The van der Waals surface area contributed by atoms with Crippen molar-refractivity contribution in [1.29, 1.82) is 0 Å². The Morgan fingerprint density at radius 1 is 1.50 bits per heavy atom. The molecule has 1 aliphatic rings. The maximum atomic E-state index is 12.5. The van der Waals surface area contributed by atoms with Crippen molar-refractivity contribution in [3.05, 3.63) is 18.0 Å². The highest BCUT2D eigenvalue weighted by Crippen LogP contribution is 2.30. The monoisotopic (exact) mass is 299 g/mol. The van der Waals surface area contributed by atoms with Gasteiger partial charge in [0.15, 0.2) is 0 Å². The number of hydrogen-bond donors (Lipinski definition) is 1. The van der Waals surface area contributed by atoms with E-state index < -0.39 is 10.0 Å². The lowest BCUT2D eigenvalue weighted by atomic mass is 10.3. The molecular formula is C13H21N3O3S. The van der Waals surface area contributed by atoms with Gasteiger partial charge in [-0.1, -0.05) is 6.92 Å². The molecule has 6 nitrogen and oxygen atoms in total. The summed E-state index contributed by atoms with van der Waals surface area (Å²) in [4.78, 5) is 14.3. The molecule has 1 fully saturated rings. The highest BCUT2D eigenvalue weighted by atomic mass is 32.2. The Labute approximate surface area is 119 Å². The Balaban J connectivity index is 2.23. The van der Waals surface area contributed by atoms with Crippen molar-refractivity contribution < 1.29 is 13.2 Å². The smallest absolute Gasteiger partial charge is 0.270 e. The third kappa shape index (κ3) is 3.40. The van der Waals surface area contributed by atoms with Gasteiger partial charge in [-0.05, 0) is 31.2 Å². The average Bonchev–Trinajstić information content (AvgIpc) is 3.07. The second-order valence-electron chi connectivity index (χ2n) is 5.41. The largest absolute Gasteiger partial charge is 0.345 e. The second kappa shape index (κ2) is 5.57. The predicted molar refractivity (Wildman–Crippen MR) is 75.7 cm³/mol. The van der Waals surface area contributed by atoms with E-state index in [1.54, 1.807) is 11.9 Å². The van der Waals surface area contributed by atoms with Crippen LogP contribution in [0.25, 0.3) is 0 Å². The standard InChI is InChI=1S/C13H21N3O3S/c1-3-6-16(8-10-4-5-10)13(17)12-7-11(9-15(12)2)20(14,18)19/h7,9-10H,3-6,8H2,1-2H3,(H2,14,18,19). The van der Waals surface area contributed by atoms with E-state index in [9.17, 15) is 13.2 Å². The fourth-order valence-electron chi connectivity index (χ4n) is 2.22. The topological polar surface area (TPSA) is 85.4 Å². The van der Waals surface area contributed by atoms with Crippen LogP contribution in [-0.2, 0) is 17.1 Å². The third-order valence-electron chi connectivity index (χ3n) is 3.48. The van der Waals surface area contributed by atoms with Crippen molar-refractivity contribution in [2.45, 2.75) is 31.1 Å². The van der Waals surface area contributed by atoms with Gasteiger partial charge < -0.3 is 9.47 Å². The lowest BCUT2D eigenvalue weighted by molar-refractivity contribution is 0.0738. The number of nitrogens with two attached hydrogens (primary N) is 1. The van der Waals surface area contributed by atoms with Gasteiger partial charge in [-0.3, -0.25) is 4.79 Å². The van der Waals surface area contributed by atoms with E-state index in [4.69, 9.17) is 5.14 Å². The van der Waals surface area contributed by atoms with Gasteiger partial charge in [0, 0.05) is 26.3 Å². The summed E-state index contributed by atoms with van der Waals surface area (Å²) in [5.74, 6) is 0.472. The molecule has 112 valence electrons. The highest BCUT2D eigenvalue weighted by molar-refractivity contribution is 7.89. The fraction of sp³-hybridized carbons (Fsp3) is 0.615. The lowest BCUT2D eigenvalue weighted by Crippen LogP contribution is -2.34. The Hall–Kier alpha value is -1.34. The molecule has 1 aliphatic carbocycles. The number of nitrogens with zero attached hydrogens (tertiary/aromatic N) is 2. The number of primary sulfonamides is 1. The summed E-state index contributed by atoms with van der Waals surface area (Å²) in [6, 6.07) is 1.35. The molecule has 0 spiro atoms. The normalized spacial score (nSPS) is 15.3. The summed E-state index contributed by atoms with van der Waals surface area (Å²) in [7, 11) is -2.12. The van der Waals surface area contributed by atoms with Gasteiger partial charge in [-0.25, -0.2) is 13.6 Å². The molecule has 0 bridgehead atoms. The minimum Gasteiger partial charge on any atom is -0.345 e. The van der Waals surface area contributed by atoms with Gasteiger partial charge in [0.25, 0.3) is 5.91 Å². The molecule has 2 N–H and O–H groups in total. The van der Waals surface area contributed by atoms with Crippen LogP contribution in [0.1, 0.15) is 36.7 Å². The van der Waals surface area contributed by atoms with Crippen LogP contribution in [-0.4, -0.2) is 36.9 Å². The molecule has 1 aromatic rings. The van der Waals surface area contributed by atoms with Crippen LogP contribution in [0.15, 0.2) is 17.2 Å². The zero-order chi connectivity index (χ0) is 14.9. The first-order chi connectivity index (χ1) is 9.32. The van der Waals surface area contributed by atoms with E-state index in [0.29, 0.717) is 18.2 Å². The Kier molecular flexibility index (Phi) is 4.19. The number of carbonyl (C=O) groups excluding carboxylic acids is 1. The number of carbonyl (C=O) groups is 1. The Morgan fingerprint density at radius 2 is 2.15 bits per heavy atom. The summed E-state index contributed by atoms with van der Waals surface area (Å²) < 4.78 is 24.2. The minimum atomic E-state index is -3.78. The van der Waals surface area contributed by atoms with Crippen LogP contribution >= 0.6 is 0 Å². The summed E-state index contributed by atoms with van der Waals surface area (Å²) in [6.45, 7) is 3.46. The molecule has 1 aromatic heterocycles. The first-order valence-corrected chi connectivity index (χ1v) is 8.36. The molecular weight excluding hydrogens is 278 g/mol. The summed E-state index contributed by atoms with van der Waals surface area (Å²) in [5, 5.41) is 5.10. The van der Waals surface area contributed by atoms with Crippen molar-refractivity contribution in [3.63, 3.8) is 0 Å². The molecule has 0 unspecified atom stereocenters. The van der Waals surface area contributed by atoms with E-state index in [-0.39, 0.29) is 10.8 Å². The zero-order valence-corrected chi connectivity index (χ0v) is 12.7. The Morgan fingerprint density at radius 3 is 2.60 bits per heavy atom. The molecule has 0 saturated heterocycles. The van der Waals surface area contributed by atoms with E-state index >= 15 is 0 Å². The van der Waals surface area contributed by atoms with Crippen LogP contribution in [0.2, 0.25) is 0 Å². The van der Waals surface area contributed by atoms with Gasteiger partial charge in [-0.2, -0.15) is 0 Å². The summed E-state index contributed by atoms with van der Waals surface area (Å²) in [5.41, 5.74) is 0.364. The fourth-order valence-corrected chi connectivity index (χ4v) is 2.80. The second-order valence-corrected chi connectivity index (χ2v) is 6.97. The first-order valence-electron chi connectivity index (χ1n) is 6.81. The highest BCUT2D eigenvalue weighted by Gasteiger charge is 2.28. The SMILES string of the molecule is CCCN(CC1CC1)C(=O)c1cc(S(N)(=O)=O)cn1C. The van der Waals surface area contributed by atoms with Crippen molar-refractivity contribution in [2.75, 3.05) is 13.1 Å². The van der Waals surface area contributed by atoms with Gasteiger partial charge in [0.05, 0.1) is 0 Å². The summed E-state index contributed by atoms with van der Waals surface area (Å²) >= 11 is 0. The van der Waals surface area contributed by atoms with Gasteiger partial charge >= 0.3 is 0 Å². The van der Waals surface area contributed by atoms with Crippen molar-refractivity contribution >= 4 is 15.9 Å². The number of amides is 1. The molecule has 1 saturated carbocycles. The summed E-state index contributed by atoms with van der Waals surface area (Å²) in [6.07, 6.45) is 4.60. The van der Waals surface area contributed by atoms with E-state index in [0.717, 1.165) is 13.0 Å². The third-order valence-corrected chi connectivity index (χ3v) is 4.36. The number of rotatable bonds is 6. The number of aryl methyl sites for hydroxylation is 1. The molecule has 0 atom stereocenters. The van der Waals surface area contributed by atoms with Crippen LogP contribution in [0.4, 0.5) is 0 Å². The van der Waals surface area contributed by atoms with Gasteiger partial charge in [-0.15, -0.1) is 0 Å². The first kappa shape index (κ1) is 15.1. The van der Waals surface area contributed by atoms with Crippen molar-refractivity contribution in [1.82, 2.24) is 9.47 Å². The van der Waals surface area contributed by atoms with Crippen LogP contribution in [0.3, 0.4) is 0 Å². The molecule has 0 radical (unpaired) electrons. The average molecular weight is 299 g/mol. The molecule has 20 heavy (non-hydrogen) atoms. The van der Waals surface area contributed by atoms with Crippen LogP contribution in [0.5, 0.6) is 0 Å². The van der Waals surface area contributed by atoms with E-state index in [1.807, 2.05) is 6.92 Å².